The quantitative estimate of drug-likeness (QED) is 0.596. The molecule has 0 radical (unpaired) electrons. The highest BCUT2D eigenvalue weighted by Gasteiger charge is 2.43. The van der Waals surface area contributed by atoms with E-state index in [0.717, 1.165) is 38.5 Å². The monoisotopic (exact) mass is 387 g/mol. The van der Waals surface area contributed by atoms with Gasteiger partial charge in [0, 0.05) is 17.8 Å². The fourth-order valence-electron chi connectivity index (χ4n) is 5.49. The Morgan fingerprint density at radius 1 is 1.07 bits per heavy atom. The predicted octanol–water partition coefficient (Wildman–Crippen LogP) is 3.21. The first-order valence-corrected chi connectivity index (χ1v) is 11.0. The molecule has 0 unspecified atom stereocenters. The summed E-state index contributed by atoms with van der Waals surface area (Å²) in [6, 6.07) is 0.256. The molecule has 7 nitrogen and oxygen atoms in total. The van der Waals surface area contributed by atoms with Gasteiger partial charge in [-0.25, -0.2) is 4.98 Å². The number of carbonyl (C=O) groups excluding carboxylic acids is 1. The number of hydrogen-bond acceptors (Lipinski definition) is 6. The molecule has 0 spiro atoms. The van der Waals surface area contributed by atoms with Gasteiger partial charge in [-0.3, -0.25) is 4.79 Å². The van der Waals surface area contributed by atoms with Crippen LogP contribution in [0.3, 0.4) is 0 Å². The van der Waals surface area contributed by atoms with Gasteiger partial charge in [0.15, 0.2) is 0 Å². The smallest absolute Gasteiger partial charge is 0.254 e. The van der Waals surface area contributed by atoms with E-state index in [4.69, 9.17) is 10.7 Å². The van der Waals surface area contributed by atoms with Crippen LogP contribution in [-0.4, -0.2) is 38.7 Å². The molecule has 0 saturated heterocycles. The van der Waals surface area contributed by atoms with Crippen LogP contribution in [0.1, 0.15) is 87.4 Å². The zero-order valence-electron chi connectivity index (χ0n) is 16.6. The Morgan fingerprint density at radius 3 is 2.39 bits per heavy atom. The molecule has 5 N–H and O–H groups in total. The van der Waals surface area contributed by atoms with Crippen LogP contribution < -0.4 is 16.4 Å². The Kier molecular flexibility index (Phi) is 5.71. The summed E-state index contributed by atoms with van der Waals surface area (Å²) in [4.78, 5) is 21.0. The summed E-state index contributed by atoms with van der Waals surface area (Å²) in [5.74, 6) is 1.26. The Bertz CT molecular complexity index is 690. The van der Waals surface area contributed by atoms with Crippen molar-refractivity contribution in [3.05, 3.63) is 11.8 Å². The van der Waals surface area contributed by atoms with E-state index in [9.17, 15) is 9.90 Å². The van der Waals surface area contributed by atoms with Gasteiger partial charge in [0.05, 0.1) is 11.7 Å². The highest BCUT2D eigenvalue weighted by atomic mass is 16.3. The highest BCUT2D eigenvalue weighted by Crippen LogP contribution is 2.46. The van der Waals surface area contributed by atoms with Crippen LogP contribution in [0.15, 0.2) is 6.20 Å². The third-order valence-electron chi connectivity index (χ3n) is 7.08. The van der Waals surface area contributed by atoms with E-state index in [2.05, 4.69) is 15.6 Å². The first-order valence-electron chi connectivity index (χ1n) is 11.0. The zero-order valence-corrected chi connectivity index (χ0v) is 16.6. The third kappa shape index (κ3) is 4.09. The standard InChI is InChI=1S/C21H33N5O2/c22-18(28)17-13-23-20(24-15-7-9-16(27)10-8-15)25-19(17)26-21(11-3-4-12-21)14-5-1-2-6-14/h13-16,27H,1-12H2,(H2,22,28)(H2,23,24,25,26). The van der Waals surface area contributed by atoms with Gasteiger partial charge >= 0.3 is 0 Å². The molecule has 3 aliphatic carbocycles. The summed E-state index contributed by atoms with van der Waals surface area (Å²) >= 11 is 0. The van der Waals surface area contributed by atoms with Crippen molar-refractivity contribution in [1.29, 1.82) is 0 Å². The molecule has 0 aromatic carbocycles. The summed E-state index contributed by atoms with van der Waals surface area (Å²) in [5.41, 5.74) is 6.03. The Balaban J connectivity index is 1.56. The molecular formula is C21H33N5O2. The number of nitrogens with one attached hydrogen (secondary N) is 2. The predicted molar refractivity (Wildman–Crippen MR) is 109 cm³/mol. The largest absolute Gasteiger partial charge is 0.393 e. The number of hydrogen-bond donors (Lipinski definition) is 4. The lowest BCUT2D eigenvalue weighted by atomic mass is 9.81. The number of aliphatic hydroxyl groups excluding tert-OH is 1. The lowest BCUT2D eigenvalue weighted by Gasteiger charge is -2.37. The van der Waals surface area contributed by atoms with Gasteiger partial charge in [-0.1, -0.05) is 25.7 Å². The van der Waals surface area contributed by atoms with Crippen LogP contribution in [0.5, 0.6) is 0 Å². The van der Waals surface area contributed by atoms with E-state index >= 15 is 0 Å². The van der Waals surface area contributed by atoms with Gasteiger partial charge in [-0.15, -0.1) is 0 Å². The molecule has 0 atom stereocenters. The minimum absolute atomic E-state index is 0.0290. The number of amides is 1. The van der Waals surface area contributed by atoms with Crippen molar-refractivity contribution in [2.75, 3.05) is 10.6 Å². The van der Waals surface area contributed by atoms with Gasteiger partial charge in [0.2, 0.25) is 5.95 Å². The summed E-state index contributed by atoms with van der Waals surface area (Å²) in [6.07, 6.45) is 14.5. The first-order chi connectivity index (χ1) is 13.6. The Labute approximate surface area is 166 Å². The molecule has 1 aromatic rings. The van der Waals surface area contributed by atoms with Crippen LogP contribution in [-0.2, 0) is 0 Å². The van der Waals surface area contributed by atoms with Crippen molar-refractivity contribution in [1.82, 2.24) is 9.97 Å². The van der Waals surface area contributed by atoms with Crippen LogP contribution in [0.4, 0.5) is 11.8 Å². The SMILES string of the molecule is NC(=O)c1cnc(NC2CCC(O)CC2)nc1NC1(C2CCCC2)CCCC1. The van der Waals surface area contributed by atoms with Crippen LogP contribution in [0.2, 0.25) is 0 Å². The number of nitrogens with two attached hydrogens (primary N) is 1. The summed E-state index contributed by atoms with van der Waals surface area (Å²) in [6.45, 7) is 0. The minimum Gasteiger partial charge on any atom is -0.393 e. The maximum atomic E-state index is 12.0. The molecule has 4 rings (SSSR count). The molecule has 1 aromatic heterocycles. The number of carbonyl (C=O) groups is 1. The maximum Gasteiger partial charge on any atom is 0.254 e. The second-order valence-electron chi connectivity index (χ2n) is 8.94. The Hall–Kier alpha value is -1.89. The van der Waals surface area contributed by atoms with E-state index in [-0.39, 0.29) is 17.7 Å². The first kappa shape index (κ1) is 19.4. The van der Waals surface area contributed by atoms with Crippen molar-refractivity contribution < 1.29 is 9.90 Å². The van der Waals surface area contributed by atoms with E-state index in [0.29, 0.717) is 23.2 Å². The van der Waals surface area contributed by atoms with Gasteiger partial charge in [0.1, 0.15) is 5.82 Å². The van der Waals surface area contributed by atoms with Gasteiger partial charge < -0.3 is 21.5 Å². The number of aromatic nitrogens is 2. The van der Waals surface area contributed by atoms with E-state index in [1.165, 1.54) is 38.5 Å². The summed E-state index contributed by atoms with van der Waals surface area (Å²) in [5, 5.41) is 16.8. The third-order valence-corrected chi connectivity index (χ3v) is 7.08. The fraction of sp³-hybridized carbons (Fsp3) is 0.762. The molecule has 154 valence electrons. The average molecular weight is 388 g/mol. The number of primary amides is 1. The second-order valence-corrected chi connectivity index (χ2v) is 8.94. The van der Waals surface area contributed by atoms with Gasteiger partial charge in [-0.05, 0) is 57.3 Å². The van der Waals surface area contributed by atoms with Crippen LogP contribution in [0.25, 0.3) is 0 Å². The normalized spacial score (nSPS) is 27.6. The van der Waals surface area contributed by atoms with Crippen molar-refractivity contribution in [2.45, 2.75) is 94.7 Å². The van der Waals surface area contributed by atoms with Gasteiger partial charge in [0.25, 0.3) is 5.91 Å². The maximum absolute atomic E-state index is 12.0. The molecular weight excluding hydrogens is 354 g/mol. The minimum atomic E-state index is -0.491. The molecule has 3 aliphatic rings. The molecule has 28 heavy (non-hydrogen) atoms. The molecule has 1 amide bonds. The van der Waals surface area contributed by atoms with Crippen molar-refractivity contribution >= 4 is 17.7 Å². The molecule has 0 bridgehead atoms. The van der Waals surface area contributed by atoms with E-state index in [1.807, 2.05) is 0 Å². The second kappa shape index (κ2) is 8.23. The Morgan fingerprint density at radius 2 is 1.75 bits per heavy atom. The van der Waals surface area contributed by atoms with E-state index in [1.54, 1.807) is 6.20 Å². The summed E-state index contributed by atoms with van der Waals surface area (Å²) in [7, 11) is 0. The zero-order chi connectivity index (χ0) is 19.6. The van der Waals surface area contributed by atoms with Crippen molar-refractivity contribution in [2.24, 2.45) is 11.7 Å². The number of nitrogens with zero attached hydrogens (tertiary/aromatic N) is 2. The molecule has 0 aliphatic heterocycles. The molecule has 1 heterocycles. The number of rotatable bonds is 6. The molecule has 7 heteroatoms. The molecule has 3 saturated carbocycles. The number of anilines is 2. The van der Waals surface area contributed by atoms with Crippen LogP contribution in [0, 0.1) is 5.92 Å². The van der Waals surface area contributed by atoms with Crippen LogP contribution >= 0.6 is 0 Å². The summed E-state index contributed by atoms with van der Waals surface area (Å²) < 4.78 is 0. The highest BCUT2D eigenvalue weighted by molar-refractivity contribution is 5.97. The molecule has 3 fully saturated rings. The number of aliphatic hydroxyl groups is 1. The topological polar surface area (TPSA) is 113 Å². The van der Waals surface area contributed by atoms with E-state index < -0.39 is 5.91 Å². The fourth-order valence-corrected chi connectivity index (χ4v) is 5.49. The van der Waals surface area contributed by atoms with Crippen molar-refractivity contribution in [3.8, 4) is 0 Å². The lowest BCUT2D eigenvalue weighted by molar-refractivity contribution is 0.1000. The van der Waals surface area contributed by atoms with Gasteiger partial charge in [-0.2, -0.15) is 4.98 Å². The average Bonchev–Trinajstić information content (AvgIpc) is 3.36. The van der Waals surface area contributed by atoms with Crippen molar-refractivity contribution in [3.63, 3.8) is 0 Å². The lowest BCUT2D eigenvalue weighted by Crippen LogP contribution is -2.43.